The van der Waals surface area contributed by atoms with Crippen LogP contribution < -0.4 is 16.4 Å². The first kappa shape index (κ1) is 16.0. The number of aromatic nitrogens is 2. The first-order valence-electron chi connectivity index (χ1n) is 6.66. The van der Waals surface area contributed by atoms with Crippen LogP contribution in [-0.4, -0.2) is 34.1 Å². The van der Waals surface area contributed by atoms with E-state index in [-0.39, 0.29) is 23.7 Å². The van der Waals surface area contributed by atoms with Crippen LogP contribution >= 0.6 is 0 Å². The molecular weight excluding hydrogens is 258 g/mol. The van der Waals surface area contributed by atoms with E-state index in [1.807, 2.05) is 27.7 Å². The molecule has 0 unspecified atom stereocenters. The number of aryl methyl sites for hydroxylation is 1. The second-order valence-electron chi connectivity index (χ2n) is 5.70. The molecule has 0 aliphatic carbocycles. The predicted molar refractivity (Wildman–Crippen MR) is 77.2 cm³/mol. The molecule has 1 heterocycles. The van der Waals surface area contributed by atoms with E-state index >= 15 is 0 Å². The van der Waals surface area contributed by atoms with E-state index in [2.05, 4.69) is 20.8 Å². The zero-order chi connectivity index (χ0) is 15.3. The van der Waals surface area contributed by atoms with Gasteiger partial charge in [-0.2, -0.15) is 5.10 Å². The maximum atomic E-state index is 11.9. The number of H-pyrrole nitrogens is 1. The van der Waals surface area contributed by atoms with Gasteiger partial charge in [-0.25, -0.2) is 0 Å². The first-order valence-corrected chi connectivity index (χ1v) is 6.66. The molecule has 112 valence electrons. The molecule has 1 aromatic rings. The van der Waals surface area contributed by atoms with Gasteiger partial charge in [0.05, 0.1) is 17.9 Å². The highest BCUT2D eigenvalue weighted by Crippen LogP contribution is 2.15. The number of nitrogen functional groups attached to an aromatic ring is 1. The normalized spacial score (nSPS) is 11.2. The molecule has 2 amide bonds. The molecule has 0 saturated carbocycles. The minimum absolute atomic E-state index is 0.106. The molecule has 0 radical (unpaired) electrons. The average Bonchev–Trinajstić information content (AvgIpc) is 2.67. The monoisotopic (exact) mass is 281 g/mol. The fourth-order valence-corrected chi connectivity index (χ4v) is 1.71. The molecule has 0 aromatic carbocycles. The summed E-state index contributed by atoms with van der Waals surface area (Å²) < 4.78 is 0. The Morgan fingerprint density at radius 3 is 2.55 bits per heavy atom. The largest absolute Gasteiger partial charge is 0.395 e. The lowest BCUT2D eigenvalue weighted by atomic mass is 10.1. The van der Waals surface area contributed by atoms with Crippen LogP contribution in [-0.2, 0) is 11.2 Å². The van der Waals surface area contributed by atoms with E-state index in [9.17, 15) is 9.59 Å². The Kier molecular flexibility index (Phi) is 5.12. The third kappa shape index (κ3) is 4.56. The lowest BCUT2D eigenvalue weighted by Crippen LogP contribution is -2.45. The lowest BCUT2D eigenvalue weighted by Gasteiger charge is -2.20. The van der Waals surface area contributed by atoms with Crippen molar-refractivity contribution < 1.29 is 9.59 Å². The Morgan fingerprint density at radius 1 is 1.35 bits per heavy atom. The SMILES string of the molecule is CCCc1[nH]nc(C(=O)NCC(=O)NC(C)(C)C)c1N. The van der Waals surface area contributed by atoms with Crippen LogP contribution in [0.5, 0.6) is 0 Å². The Labute approximate surface area is 118 Å². The van der Waals surface area contributed by atoms with E-state index in [1.165, 1.54) is 0 Å². The number of aromatic amines is 1. The Bertz CT molecular complexity index is 487. The zero-order valence-electron chi connectivity index (χ0n) is 12.5. The number of amides is 2. The number of nitrogens with two attached hydrogens (primary N) is 1. The number of rotatable bonds is 5. The summed E-state index contributed by atoms with van der Waals surface area (Å²) >= 11 is 0. The number of nitrogens with one attached hydrogen (secondary N) is 3. The summed E-state index contributed by atoms with van der Waals surface area (Å²) in [5.41, 5.74) is 6.74. The maximum absolute atomic E-state index is 11.9. The van der Waals surface area contributed by atoms with E-state index in [0.29, 0.717) is 5.69 Å². The van der Waals surface area contributed by atoms with Crippen molar-refractivity contribution in [2.75, 3.05) is 12.3 Å². The molecule has 0 fully saturated rings. The summed E-state index contributed by atoms with van der Waals surface area (Å²) in [6.07, 6.45) is 1.64. The third-order valence-electron chi connectivity index (χ3n) is 2.52. The molecule has 0 aliphatic rings. The first-order chi connectivity index (χ1) is 9.24. The quantitative estimate of drug-likeness (QED) is 0.632. The molecule has 1 aromatic heterocycles. The molecule has 5 N–H and O–H groups in total. The van der Waals surface area contributed by atoms with Gasteiger partial charge in [-0.3, -0.25) is 14.7 Å². The summed E-state index contributed by atoms with van der Waals surface area (Å²) in [5, 5.41) is 11.9. The van der Waals surface area contributed by atoms with E-state index < -0.39 is 5.91 Å². The van der Waals surface area contributed by atoms with Crippen molar-refractivity contribution in [1.29, 1.82) is 0 Å². The number of carbonyl (C=O) groups excluding carboxylic acids is 2. The van der Waals surface area contributed by atoms with Crippen LogP contribution in [0.2, 0.25) is 0 Å². The van der Waals surface area contributed by atoms with Crippen molar-refractivity contribution in [1.82, 2.24) is 20.8 Å². The Morgan fingerprint density at radius 2 is 2.00 bits per heavy atom. The summed E-state index contributed by atoms with van der Waals surface area (Å²) in [5.74, 6) is -0.709. The maximum Gasteiger partial charge on any atom is 0.274 e. The number of hydrogen-bond acceptors (Lipinski definition) is 4. The highest BCUT2D eigenvalue weighted by atomic mass is 16.2. The van der Waals surface area contributed by atoms with Gasteiger partial charge in [-0.1, -0.05) is 13.3 Å². The van der Waals surface area contributed by atoms with E-state index in [1.54, 1.807) is 0 Å². The lowest BCUT2D eigenvalue weighted by molar-refractivity contribution is -0.121. The second-order valence-corrected chi connectivity index (χ2v) is 5.70. The van der Waals surface area contributed by atoms with Crippen LogP contribution in [0.4, 0.5) is 5.69 Å². The van der Waals surface area contributed by atoms with Gasteiger partial charge in [0.1, 0.15) is 0 Å². The highest BCUT2D eigenvalue weighted by molar-refractivity contribution is 5.99. The molecule has 20 heavy (non-hydrogen) atoms. The second kappa shape index (κ2) is 6.40. The van der Waals surface area contributed by atoms with Crippen LogP contribution in [0.1, 0.15) is 50.3 Å². The van der Waals surface area contributed by atoms with Gasteiger partial charge < -0.3 is 16.4 Å². The van der Waals surface area contributed by atoms with Crippen LogP contribution in [0, 0.1) is 0 Å². The molecule has 0 atom stereocenters. The number of carbonyl (C=O) groups is 2. The van der Waals surface area contributed by atoms with Crippen molar-refractivity contribution in [3.63, 3.8) is 0 Å². The van der Waals surface area contributed by atoms with Crippen molar-refractivity contribution >= 4 is 17.5 Å². The van der Waals surface area contributed by atoms with E-state index in [0.717, 1.165) is 18.5 Å². The van der Waals surface area contributed by atoms with Crippen molar-refractivity contribution in [2.45, 2.75) is 46.1 Å². The Balaban J connectivity index is 2.57. The molecule has 0 aliphatic heterocycles. The van der Waals surface area contributed by atoms with Gasteiger partial charge in [0, 0.05) is 5.54 Å². The fraction of sp³-hybridized carbons (Fsp3) is 0.615. The summed E-state index contributed by atoms with van der Waals surface area (Å²) in [7, 11) is 0. The summed E-state index contributed by atoms with van der Waals surface area (Å²) in [6.45, 7) is 7.52. The van der Waals surface area contributed by atoms with Crippen molar-refractivity contribution in [3.8, 4) is 0 Å². The van der Waals surface area contributed by atoms with Gasteiger partial charge in [0.15, 0.2) is 5.69 Å². The number of hydrogen-bond donors (Lipinski definition) is 4. The molecule has 0 saturated heterocycles. The Hall–Kier alpha value is -2.05. The van der Waals surface area contributed by atoms with Gasteiger partial charge in [-0.05, 0) is 27.2 Å². The average molecular weight is 281 g/mol. The fourth-order valence-electron chi connectivity index (χ4n) is 1.71. The van der Waals surface area contributed by atoms with Gasteiger partial charge in [0.2, 0.25) is 5.91 Å². The van der Waals surface area contributed by atoms with Crippen LogP contribution in [0.15, 0.2) is 0 Å². The number of anilines is 1. The smallest absolute Gasteiger partial charge is 0.274 e. The van der Waals surface area contributed by atoms with Gasteiger partial charge >= 0.3 is 0 Å². The van der Waals surface area contributed by atoms with Crippen LogP contribution in [0.25, 0.3) is 0 Å². The molecule has 0 spiro atoms. The molecular formula is C13H23N5O2. The molecule has 0 bridgehead atoms. The van der Waals surface area contributed by atoms with Crippen LogP contribution in [0.3, 0.4) is 0 Å². The predicted octanol–water partition coefficient (Wildman–Crippen LogP) is 0.589. The topological polar surface area (TPSA) is 113 Å². The minimum atomic E-state index is -0.454. The number of nitrogens with zero attached hydrogens (tertiary/aromatic N) is 1. The van der Waals surface area contributed by atoms with Crippen molar-refractivity contribution in [3.05, 3.63) is 11.4 Å². The molecule has 7 nitrogen and oxygen atoms in total. The van der Waals surface area contributed by atoms with Crippen molar-refractivity contribution in [2.24, 2.45) is 0 Å². The van der Waals surface area contributed by atoms with Gasteiger partial charge in [0.25, 0.3) is 5.91 Å². The minimum Gasteiger partial charge on any atom is -0.395 e. The highest BCUT2D eigenvalue weighted by Gasteiger charge is 2.18. The standard InChI is InChI=1S/C13H23N5O2/c1-5-6-8-10(14)11(18-17-8)12(20)15-7-9(19)16-13(2,3)4/h5-7,14H2,1-4H3,(H,15,20)(H,16,19)(H,17,18). The zero-order valence-corrected chi connectivity index (χ0v) is 12.5. The van der Waals surface area contributed by atoms with E-state index in [4.69, 9.17) is 5.73 Å². The van der Waals surface area contributed by atoms with Gasteiger partial charge in [-0.15, -0.1) is 0 Å². The third-order valence-corrected chi connectivity index (χ3v) is 2.52. The molecule has 1 rings (SSSR count). The summed E-state index contributed by atoms with van der Waals surface area (Å²) in [6, 6.07) is 0. The summed E-state index contributed by atoms with van der Waals surface area (Å²) in [4.78, 5) is 23.5. The molecule has 7 heteroatoms.